The fourth-order valence-corrected chi connectivity index (χ4v) is 6.13. The van der Waals surface area contributed by atoms with Crippen LogP contribution in [0.2, 0.25) is 5.02 Å². The van der Waals surface area contributed by atoms with Gasteiger partial charge in [-0.1, -0.05) is 30.7 Å². The lowest BCUT2D eigenvalue weighted by atomic mass is 10.0. The number of esters is 1. The minimum absolute atomic E-state index is 0.00958. The van der Waals surface area contributed by atoms with Gasteiger partial charge in [-0.2, -0.15) is 4.31 Å². The van der Waals surface area contributed by atoms with Crippen LogP contribution in [0.3, 0.4) is 0 Å². The summed E-state index contributed by atoms with van der Waals surface area (Å²) in [6, 6.07) is 11.2. The van der Waals surface area contributed by atoms with E-state index in [4.69, 9.17) is 16.3 Å². The van der Waals surface area contributed by atoms with Crippen LogP contribution < -0.4 is 5.32 Å². The maximum atomic E-state index is 13.1. The number of nitrogens with one attached hydrogen (secondary N) is 1. The van der Waals surface area contributed by atoms with Crippen LogP contribution in [-0.2, 0) is 19.6 Å². The van der Waals surface area contributed by atoms with Crippen LogP contribution in [0.15, 0.2) is 52.3 Å². The highest BCUT2D eigenvalue weighted by Crippen LogP contribution is 2.29. The smallest absolute Gasteiger partial charge is 0.338 e. The molecular formula is C22H25ClN2O5S2. The van der Waals surface area contributed by atoms with Crippen LogP contribution in [0.25, 0.3) is 0 Å². The fourth-order valence-electron chi connectivity index (χ4n) is 3.48. The number of ether oxygens (including phenoxy) is 1. The van der Waals surface area contributed by atoms with E-state index in [1.54, 1.807) is 12.1 Å². The minimum Gasteiger partial charge on any atom is -0.452 e. The molecule has 0 aliphatic carbocycles. The van der Waals surface area contributed by atoms with Gasteiger partial charge in [0.05, 0.1) is 16.3 Å². The Labute approximate surface area is 197 Å². The molecule has 1 fully saturated rings. The van der Waals surface area contributed by atoms with Crippen LogP contribution in [0.5, 0.6) is 0 Å². The molecule has 7 nitrogen and oxygen atoms in total. The number of amides is 1. The number of benzene rings is 2. The number of carbonyl (C=O) groups is 2. The van der Waals surface area contributed by atoms with Gasteiger partial charge >= 0.3 is 5.97 Å². The number of carbonyl (C=O) groups excluding carboxylic acids is 2. The van der Waals surface area contributed by atoms with Crippen molar-refractivity contribution < 1.29 is 22.7 Å². The van der Waals surface area contributed by atoms with Gasteiger partial charge in [0.15, 0.2) is 6.61 Å². The number of para-hydroxylation sites is 1. The molecule has 0 bridgehead atoms. The van der Waals surface area contributed by atoms with Gasteiger partial charge < -0.3 is 10.1 Å². The number of nitrogens with zero attached hydrogens (tertiary/aromatic N) is 1. The molecule has 32 heavy (non-hydrogen) atoms. The Bertz CT molecular complexity index is 1110. The van der Waals surface area contributed by atoms with E-state index in [0.717, 1.165) is 17.7 Å². The fraction of sp³-hybridized carbons (Fsp3) is 0.364. The molecular weight excluding hydrogens is 472 g/mol. The highest BCUT2D eigenvalue weighted by atomic mass is 35.5. The number of piperidine rings is 1. The van der Waals surface area contributed by atoms with Crippen LogP contribution in [0.1, 0.15) is 30.1 Å². The van der Waals surface area contributed by atoms with E-state index < -0.39 is 28.5 Å². The normalized spacial score (nSPS) is 17.0. The number of sulfonamides is 1. The molecule has 10 heteroatoms. The van der Waals surface area contributed by atoms with E-state index >= 15 is 0 Å². The number of hydrogen-bond donors (Lipinski definition) is 1. The van der Waals surface area contributed by atoms with Crippen molar-refractivity contribution in [3.05, 3.63) is 53.1 Å². The van der Waals surface area contributed by atoms with E-state index in [9.17, 15) is 18.0 Å². The zero-order valence-electron chi connectivity index (χ0n) is 17.8. The summed E-state index contributed by atoms with van der Waals surface area (Å²) in [5, 5.41) is 2.73. The molecule has 1 saturated heterocycles. The first-order valence-electron chi connectivity index (χ1n) is 10.1. The zero-order valence-corrected chi connectivity index (χ0v) is 20.2. The van der Waals surface area contributed by atoms with Crippen LogP contribution in [0.4, 0.5) is 5.69 Å². The van der Waals surface area contributed by atoms with Gasteiger partial charge in [0.2, 0.25) is 10.0 Å². The molecule has 0 aromatic heterocycles. The Balaban J connectivity index is 1.69. The molecule has 0 radical (unpaired) electrons. The van der Waals surface area contributed by atoms with Gasteiger partial charge in [0, 0.05) is 18.0 Å². The zero-order chi connectivity index (χ0) is 23.3. The topological polar surface area (TPSA) is 92.8 Å². The first-order chi connectivity index (χ1) is 15.2. The lowest BCUT2D eigenvalue weighted by Crippen LogP contribution is -2.39. The average molecular weight is 497 g/mol. The van der Waals surface area contributed by atoms with E-state index in [0.29, 0.717) is 18.8 Å². The third-order valence-electron chi connectivity index (χ3n) is 5.12. The maximum absolute atomic E-state index is 13.1. The summed E-state index contributed by atoms with van der Waals surface area (Å²) in [5.41, 5.74) is 0.632. The van der Waals surface area contributed by atoms with Crippen LogP contribution in [-0.4, -0.2) is 50.6 Å². The molecule has 1 aliphatic rings. The predicted octanol–water partition coefficient (Wildman–Crippen LogP) is 4.28. The van der Waals surface area contributed by atoms with Crippen molar-refractivity contribution in [3.8, 4) is 0 Å². The highest BCUT2D eigenvalue weighted by molar-refractivity contribution is 7.98. The molecule has 0 spiro atoms. The van der Waals surface area contributed by atoms with Gasteiger partial charge in [-0.3, -0.25) is 4.79 Å². The molecule has 0 saturated carbocycles. The largest absolute Gasteiger partial charge is 0.452 e. The average Bonchev–Trinajstić information content (AvgIpc) is 2.78. The van der Waals surface area contributed by atoms with Crippen molar-refractivity contribution in [2.75, 3.05) is 31.3 Å². The molecule has 1 amide bonds. The number of rotatable bonds is 7. The van der Waals surface area contributed by atoms with Gasteiger partial charge in [-0.05, 0) is 55.3 Å². The third kappa shape index (κ3) is 5.83. The summed E-state index contributed by atoms with van der Waals surface area (Å²) in [4.78, 5) is 25.4. The first kappa shape index (κ1) is 24.6. The second kappa shape index (κ2) is 10.7. The number of anilines is 1. The molecule has 2 aromatic carbocycles. The molecule has 2 aromatic rings. The lowest BCUT2D eigenvalue weighted by Gasteiger charge is -2.30. The molecule has 172 valence electrons. The third-order valence-corrected chi connectivity index (χ3v) is 8.26. The van der Waals surface area contributed by atoms with Gasteiger partial charge in [-0.15, -0.1) is 11.8 Å². The summed E-state index contributed by atoms with van der Waals surface area (Å²) in [6.45, 7) is 2.32. The first-order valence-corrected chi connectivity index (χ1v) is 13.2. The predicted molar refractivity (Wildman–Crippen MR) is 126 cm³/mol. The van der Waals surface area contributed by atoms with Gasteiger partial charge in [0.1, 0.15) is 4.90 Å². The minimum atomic E-state index is -3.85. The van der Waals surface area contributed by atoms with E-state index in [1.165, 1.54) is 34.3 Å². The van der Waals surface area contributed by atoms with Gasteiger partial charge in [-0.25, -0.2) is 13.2 Å². The SMILES string of the molecule is CSc1ccccc1NC(=O)COC(=O)c1ccc(Cl)c(S(=O)(=O)N2CCCC(C)C2)c1. The van der Waals surface area contributed by atoms with Crippen molar-refractivity contribution in [2.24, 2.45) is 5.92 Å². The molecule has 1 N–H and O–H groups in total. The second-order valence-corrected chi connectivity index (χ2v) is 10.7. The van der Waals surface area contributed by atoms with E-state index in [1.807, 2.05) is 25.3 Å². The van der Waals surface area contributed by atoms with E-state index in [2.05, 4.69) is 5.32 Å². The van der Waals surface area contributed by atoms with Crippen molar-refractivity contribution in [3.63, 3.8) is 0 Å². The molecule has 1 heterocycles. The summed E-state index contributed by atoms with van der Waals surface area (Å²) >= 11 is 7.64. The van der Waals surface area contributed by atoms with E-state index in [-0.39, 0.29) is 21.4 Å². The monoisotopic (exact) mass is 496 g/mol. The van der Waals surface area contributed by atoms with Crippen molar-refractivity contribution >= 4 is 50.9 Å². The molecule has 1 unspecified atom stereocenters. The Morgan fingerprint density at radius 3 is 2.72 bits per heavy atom. The number of thioether (sulfide) groups is 1. The number of hydrogen-bond acceptors (Lipinski definition) is 6. The summed E-state index contributed by atoms with van der Waals surface area (Å²) in [5.74, 6) is -1.05. The maximum Gasteiger partial charge on any atom is 0.338 e. The van der Waals surface area contributed by atoms with Crippen LogP contribution >= 0.6 is 23.4 Å². The Morgan fingerprint density at radius 1 is 1.25 bits per heavy atom. The van der Waals surface area contributed by atoms with Crippen molar-refractivity contribution in [2.45, 2.75) is 29.6 Å². The Kier molecular flexibility index (Phi) is 8.21. The second-order valence-electron chi connectivity index (χ2n) is 7.58. The molecule has 1 aliphatic heterocycles. The Hall–Kier alpha value is -2.07. The quantitative estimate of drug-likeness (QED) is 0.454. The highest BCUT2D eigenvalue weighted by Gasteiger charge is 2.31. The Morgan fingerprint density at radius 2 is 2.00 bits per heavy atom. The lowest BCUT2D eigenvalue weighted by molar-refractivity contribution is -0.119. The molecule has 1 atom stereocenters. The standard InChI is InChI=1S/C22H25ClN2O5S2/c1-15-6-5-11-25(13-15)32(28,29)20-12-16(9-10-17(20)23)22(27)30-14-21(26)24-18-7-3-4-8-19(18)31-2/h3-4,7-10,12,15H,5-6,11,13-14H2,1-2H3,(H,24,26). The van der Waals surface area contributed by atoms with Crippen molar-refractivity contribution in [1.82, 2.24) is 4.31 Å². The van der Waals surface area contributed by atoms with Crippen molar-refractivity contribution in [1.29, 1.82) is 0 Å². The summed E-state index contributed by atoms with van der Waals surface area (Å²) in [7, 11) is -3.85. The molecule has 3 rings (SSSR count). The van der Waals surface area contributed by atoms with Crippen LogP contribution in [0, 0.1) is 5.92 Å². The summed E-state index contributed by atoms with van der Waals surface area (Å²) < 4.78 is 32.7. The van der Waals surface area contributed by atoms with Gasteiger partial charge in [0.25, 0.3) is 5.91 Å². The number of halogens is 1. The summed E-state index contributed by atoms with van der Waals surface area (Å²) in [6.07, 6.45) is 3.63.